The maximum atomic E-state index is 11.6. The Morgan fingerprint density at radius 1 is 1.35 bits per heavy atom. The van der Waals surface area contributed by atoms with Crippen LogP contribution in [0.4, 0.5) is 0 Å². The third kappa shape index (κ3) is 5.50. The van der Waals surface area contributed by atoms with Crippen molar-refractivity contribution in [1.29, 1.82) is 0 Å². The van der Waals surface area contributed by atoms with Crippen molar-refractivity contribution in [2.45, 2.75) is 70.0 Å². The van der Waals surface area contributed by atoms with Crippen LogP contribution in [0, 0.1) is 0 Å². The maximum Gasteiger partial charge on any atom is 0.222 e. The van der Waals surface area contributed by atoms with Crippen molar-refractivity contribution in [1.82, 2.24) is 5.32 Å². The Kier molecular flexibility index (Phi) is 5.92. The average Bonchev–Trinajstić information content (AvgIpc) is 2.29. The highest BCUT2D eigenvalue weighted by atomic mass is 16.3. The highest BCUT2D eigenvalue weighted by Gasteiger charge is 2.31. The molecule has 0 aromatic heterocycles. The minimum absolute atomic E-state index is 0.0993. The molecule has 0 radical (unpaired) electrons. The SMILES string of the molecule is CCC(O)CCNC(=O)CC1(O)CCCCC1. The van der Waals surface area contributed by atoms with Crippen molar-refractivity contribution in [2.75, 3.05) is 6.54 Å². The lowest BCUT2D eigenvalue weighted by Crippen LogP contribution is -2.39. The van der Waals surface area contributed by atoms with E-state index in [9.17, 15) is 15.0 Å². The zero-order valence-corrected chi connectivity index (χ0v) is 10.7. The van der Waals surface area contributed by atoms with E-state index in [1.54, 1.807) is 0 Å². The second kappa shape index (κ2) is 6.97. The number of carbonyl (C=O) groups is 1. The van der Waals surface area contributed by atoms with E-state index in [-0.39, 0.29) is 18.4 Å². The van der Waals surface area contributed by atoms with Gasteiger partial charge < -0.3 is 15.5 Å². The van der Waals surface area contributed by atoms with Crippen LogP contribution in [0.2, 0.25) is 0 Å². The van der Waals surface area contributed by atoms with Crippen molar-refractivity contribution in [3.05, 3.63) is 0 Å². The topological polar surface area (TPSA) is 69.6 Å². The molecular formula is C13H25NO3. The van der Waals surface area contributed by atoms with Gasteiger partial charge in [-0.2, -0.15) is 0 Å². The fourth-order valence-electron chi connectivity index (χ4n) is 2.33. The summed E-state index contributed by atoms with van der Waals surface area (Å²) in [4.78, 5) is 11.6. The molecule has 1 saturated carbocycles. The van der Waals surface area contributed by atoms with Crippen molar-refractivity contribution in [3.8, 4) is 0 Å². The number of nitrogens with one attached hydrogen (secondary N) is 1. The third-order valence-corrected chi connectivity index (χ3v) is 3.54. The van der Waals surface area contributed by atoms with E-state index in [4.69, 9.17) is 0 Å². The number of hydrogen-bond acceptors (Lipinski definition) is 3. The van der Waals surface area contributed by atoms with Gasteiger partial charge in [-0.25, -0.2) is 0 Å². The molecule has 1 aliphatic rings. The monoisotopic (exact) mass is 243 g/mol. The Balaban J connectivity index is 2.19. The van der Waals surface area contributed by atoms with Crippen molar-refractivity contribution in [3.63, 3.8) is 0 Å². The van der Waals surface area contributed by atoms with Gasteiger partial charge >= 0.3 is 0 Å². The summed E-state index contributed by atoms with van der Waals surface area (Å²) in [5, 5.41) is 22.3. The number of hydrogen-bond donors (Lipinski definition) is 3. The molecule has 0 spiro atoms. The van der Waals surface area contributed by atoms with Gasteiger partial charge in [0, 0.05) is 6.54 Å². The maximum absolute atomic E-state index is 11.6. The molecule has 100 valence electrons. The molecule has 1 aliphatic carbocycles. The van der Waals surface area contributed by atoms with Crippen LogP contribution in [0.3, 0.4) is 0 Å². The van der Waals surface area contributed by atoms with E-state index < -0.39 is 5.60 Å². The summed E-state index contributed by atoms with van der Waals surface area (Å²) >= 11 is 0. The quantitative estimate of drug-likeness (QED) is 0.659. The molecule has 1 unspecified atom stereocenters. The molecule has 1 atom stereocenters. The molecule has 0 aliphatic heterocycles. The van der Waals surface area contributed by atoms with Gasteiger partial charge in [0.25, 0.3) is 0 Å². The molecule has 4 nitrogen and oxygen atoms in total. The van der Waals surface area contributed by atoms with Gasteiger partial charge in [0.05, 0.1) is 18.1 Å². The van der Waals surface area contributed by atoms with E-state index in [1.165, 1.54) is 0 Å². The van der Waals surface area contributed by atoms with Gasteiger partial charge in [-0.15, -0.1) is 0 Å². The van der Waals surface area contributed by atoms with Gasteiger partial charge in [0.15, 0.2) is 0 Å². The second-order valence-corrected chi connectivity index (χ2v) is 5.16. The molecule has 17 heavy (non-hydrogen) atoms. The van der Waals surface area contributed by atoms with Gasteiger partial charge in [-0.1, -0.05) is 26.2 Å². The summed E-state index contributed by atoms with van der Waals surface area (Å²) in [6.45, 7) is 2.40. The summed E-state index contributed by atoms with van der Waals surface area (Å²) in [6, 6.07) is 0. The van der Waals surface area contributed by atoms with Crippen LogP contribution in [0.5, 0.6) is 0 Å². The number of carbonyl (C=O) groups excluding carboxylic acids is 1. The minimum atomic E-state index is -0.786. The first-order valence-corrected chi connectivity index (χ1v) is 6.73. The van der Waals surface area contributed by atoms with Crippen LogP contribution in [0.1, 0.15) is 58.3 Å². The molecular weight excluding hydrogens is 218 g/mol. The minimum Gasteiger partial charge on any atom is -0.393 e. The van der Waals surface area contributed by atoms with E-state index in [1.807, 2.05) is 6.92 Å². The number of aliphatic hydroxyl groups excluding tert-OH is 1. The lowest BCUT2D eigenvalue weighted by Gasteiger charge is -2.31. The standard InChI is InChI=1S/C13H25NO3/c1-2-11(15)6-9-14-12(16)10-13(17)7-4-3-5-8-13/h11,15,17H,2-10H2,1H3,(H,14,16). The lowest BCUT2D eigenvalue weighted by molar-refractivity contribution is -0.127. The summed E-state index contributed by atoms with van der Waals surface area (Å²) in [5.74, 6) is -0.0993. The molecule has 0 aromatic carbocycles. The van der Waals surface area contributed by atoms with E-state index in [2.05, 4.69) is 5.32 Å². The van der Waals surface area contributed by atoms with E-state index in [0.717, 1.165) is 32.1 Å². The normalized spacial score (nSPS) is 20.9. The largest absolute Gasteiger partial charge is 0.393 e. The Morgan fingerprint density at radius 3 is 2.59 bits per heavy atom. The lowest BCUT2D eigenvalue weighted by atomic mass is 9.82. The predicted molar refractivity (Wildman–Crippen MR) is 66.6 cm³/mol. The molecule has 1 fully saturated rings. The summed E-state index contributed by atoms with van der Waals surface area (Å²) in [5.41, 5.74) is -0.786. The number of aliphatic hydroxyl groups is 2. The Labute approximate surface area is 103 Å². The highest BCUT2D eigenvalue weighted by Crippen LogP contribution is 2.30. The predicted octanol–water partition coefficient (Wildman–Crippen LogP) is 1.35. The van der Waals surface area contributed by atoms with Crippen LogP contribution < -0.4 is 5.32 Å². The Morgan fingerprint density at radius 2 is 2.00 bits per heavy atom. The zero-order valence-electron chi connectivity index (χ0n) is 10.7. The number of rotatable bonds is 6. The van der Waals surface area contributed by atoms with E-state index in [0.29, 0.717) is 19.4 Å². The number of amides is 1. The molecule has 0 aromatic rings. The van der Waals surface area contributed by atoms with Crippen LogP contribution in [-0.4, -0.2) is 34.4 Å². The van der Waals surface area contributed by atoms with Crippen molar-refractivity contribution >= 4 is 5.91 Å². The van der Waals surface area contributed by atoms with Gasteiger partial charge in [-0.05, 0) is 25.7 Å². The smallest absolute Gasteiger partial charge is 0.222 e. The third-order valence-electron chi connectivity index (χ3n) is 3.54. The first kappa shape index (κ1) is 14.5. The van der Waals surface area contributed by atoms with Crippen molar-refractivity contribution in [2.24, 2.45) is 0 Å². The highest BCUT2D eigenvalue weighted by molar-refractivity contribution is 5.76. The van der Waals surface area contributed by atoms with Crippen LogP contribution in [-0.2, 0) is 4.79 Å². The first-order valence-electron chi connectivity index (χ1n) is 6.73. The molecule has 0 heterocycles. The molecule has 1 amide bonds. The fourth-order valence-corrected chi connectivity index (χ4v) is 2.33. The molecule has 0 bridgehead atoms. The molecule has 4 heteroatoms. The summed E-state index contributed by atoms with van der Waals surface area (Å²) < 4.78 is 0. The van der Waals surface area contributed by atoms with Crippen molar-refractivity contribution < 1.29 is 15.0 Å². The van der Waals surface area contributed by atoms with Crippen LogP contribution in [0.25, 0.3) is 0 Å². The van der Waals surface area contributed by atoms with Gasteiger partial charge in [0.2, 0.25) is 5.91 Å². The Bertz CT molecular complexity index is 237. The van der Waals surface area contributed by atoms with E-state index >= 15 is 0 Å². The molecule has 0 saturated heterocycles. The Hall–Kier alpha value is -0.610. The van der Waals surface area contributed by atoms with Gasteiger partial charge in [0.1, 0.15) is 0 Å². The first-order chi connectivity index (χ1) is 8.06. The summed E-state index contributed by atoms with van der Waals surface area (Å²) in [7, 11) is 0. The second-order valence-electron chi connectivity index (χ2n) is 5.16. The molecule has 1 rings (SSSR count). The fraction of sp³-hybridized carbons (Fsp3) is 0.923. The summed E-state index contributed by atoms with van der Waals surface area (Å²) in [6.07, 6.45) is 5.81. The molecule has 3 N–H and O–H groups in total. The zero-order chi connectivity index (χ0) is 12.7. The van der Waals surface area contributed by atoms with Crippen LogP contribution >= 0.6 is 0 Å². The van der Waals surface area contributed by atoms with Gasteiger partial charge in [-0.3, -0.25) is 4.79 Å². The average molecular weight is 243 g/mol. The van der Waals surface area contributed by atoms with Crippen LogP contribution in [0.15, 0.2) is 0 Å².